The van der Waals surface area contributed by atoms with E-state index in [1.807, 2.05) is 25.1 Å². The molecular weight excluding hydrogens is 329 g/mol. The monoisotopic (exact) mass is 345 g/mol. The minimum atomic E-state index is -0.000215. The fourth-order valence-corrected chi connectivity index (χ4v) is 2.78. The minimum Gasteiger partial charge on any atom is -0.394 e. The van der Waals surface area contributed by atoms with Crippen LogP contribution < -0.4 is 0 Å². The smallest absolute Gasteiger partial charge is 0.254 e. The largest absolute Gasteiger partial charge is 0.394 e. The maximum atomic E-state index is 12.4. The molecule has 17 heavy (non-hydrogen) atoms. The summed E-state index contributed by atoms with van der Waals surface area (Å²) in [6.07, 6.45) is 1.89. The third kappa shape index (κ3) is 2.47. The van der Waals surface area contributed by atoms with Gasteiger partial charge in [-0.05, 0) is 60.1 Å². The van der Waals surface area contributed by atoms with Crippen molar-refractivity contribution in [3.8, 4) is 0 Å². The highest BCUT2D eigenvalue weighted by Gasteiger charge is 2.29. The molecule has 1 aromatic rings. The molecule has 1 heterocycles. The van der Waals surface area contributed by atoms with Gasteiger partial charge in [-0.1, -0.05) is 6.07 Å². The molecule has 1 N–H and O–H groups in total. The summed E-state index contributed by atoms with van der Waals surface area (Å²) in [5.74, 6) is 0.0533. The molecule has 0 saturated carbocycles. The van der Waals surface area contributed by atoms with Crippen LogP contribution in [0.1, 0.15) is 28.8 Å². The summed E-state index contributed by atoms with van der Waals surface area (Å²) >= 11 is 2.24. The Labute approximate surface area is 115 Å². The molecule has 92 valence electrons. The van der Waals surface area contributed by atoms with Crippen molar-refractivity contribution >= 4 is 28.5 Å². The lowest BCUT2D eigenvalue weighted by Crippen LogP contribution is -2.38. The van der Waals surface area contributed by atoms with Crippen LogP contribution in [0.5, 0.6) is 0 Å². The number of rotatable bonds is 2. The quantitative estimate of drug-likeness (QED) is 0.835. The van der Waals surface area contributed by atoms with Gasteiger partial charge in [0.25, 0.3) is 5.91 Å². The molecular formula is C13H16INO2. The second-order valence-corrected chi connectivity index (χ2v) is 5.55. The first-order chi connectivity index (χ1) is 8.15. The van der Waals surface area contributed by atoms with Crippen molar-refractivity contribution in [3.05, 3.63) is 32.9 Å². The third-order valence-corrected chi connectivity index (χ3v) is 4.52. The van der Waals surface area contributed by atoms with Crippen LogP contribution in [0.3, 0.4) is 0 Å². The molecule has 4 heteroatoms. The number of benzene rings is 1. The van der Waals surface area contributed by atoms with E-state index in [2.05, 4.69) is 22.6 Å². The molecule has 1 aliphatic rings. The number of likely N-dealkylation sites (tertiary alicyclic amines) is 1. The normalized spacial score (nSPS) is 19.7. The fourth-order valence-electron chi connectivity index (χ4n) is 2.29. The lowest BCUT2D eigenvalue weighted by molar-refractivity contribution is 0.0677. The molecule has 1 amide bonds. The molecule has 3 nitrogen and oxygen atoms in total. The van der Waals surface area contributed by atoms with Crippen molar-refractivity contribution in [1.29, 1.82) is 0 Å². The van der Waals surface area contributed by atoms with Gasteiger partial charge in [0.1, 0.15) is 0 Å². The maximum Gasteiger partial charge on any atom is 0.254 e. The number of nitrogens with zero attached hydrogens (tertiary/aromatic N) is 1. The molecule has 0 spiro atoms. The Morgan fingerprint density at radius 3 is 3.06 bits per heavy atom. The number of hydrogen-bond donors (Lipinski definition) is 1. The van der Waals surface area contributed by atoms with E-state index in [4.69, 9.17) is 0 Å². The number of hydrogen-bond acceptors (Lipinski definition) is 2. The molecule has 1 saturated heterocycles. The zero-order chi connectivity index (χ0) is 12.4. The highest BCUT2D eigenvalue weighted by molar-refractivity contribution is 14.1. The summed E-state index contributed by atoms with van der Waals surface area (Å²) < 4.78 is 1.10. The summed E-state index contributed by atoms with van der Waals surface area (Å²) in [4.78, 5) is 14.2. The summed E-state index contributed by atoms with van der Waals surface area (Å²) in [5, 5.41) is 9.26. The van der Waals surface area contributed by atoms with E-state index in [1.165, 1.54) is 0 Å². The predicted molar refractivity (Wildman–Crippen MR) is 75.0 cm³/mol. The van der Waals surface area contributed by atoms with Gasteiger partial charge >= 0.3 is 0 Å². The van der Waals surface area contributed by atoms with Crippen LogP contribution in [-0.2, 0) is 0 Å². The van der Waals surface area contributed by atoms with Gasteiger partial charge in [-0.25, -0.2) is 0 Å². The fraction of sp³-hybridized carbons (Fsp3) is 0.462. The van der Waals surface area contributed by atoms with Crippen molar-refractivity contribution in [1.82, 2.24) is 4.90 Å². The zero-order valence-electron chi connectivity index (χ0n) is 9.82. The van der Waals surface area contributed by atoms with Gasteiger partial charge in [-0.3, -0.25) is 4.79 Å². The molecule has 0 unspecified atom stereocenters. The number of carbonyl (C=O) groups is 1. The lowest BCUT2D eigenvalue weighted by atomic mass is 10.1. The van der Waals surface area contributed by atoms with Gasteiger partial charge in [-0.15, -0.1) is 0 Å². The van der Waals surface area contributed by atoms with E-state index < -0.39 is 0 Å². The van der Waals surface area contributed by atoms with Crippen LogP contribution >= 0.6 is 22.6 Å². The minimum absolute atomic E-state index is 0.000215. The molecule has 1 fully saturated rings. The molecule has 0 bridgehead atoms. The van der Waals surface area contributed by atoms with E-state index in [0.29, 0.717) is 0 Å². The first-order valence-electron chi connectivity index (χ1n) is 5.82. The Morgan fingerprint density at radius 2 is 2.35 bits per heavy atom. The third-order valence-electron chi connectivity index (χ3n) is 3.35. The van der Waals surface area contributed by atoms with Gasteiger partial charge in [0, 0.05) is 15.7 Å². The average Bonchev–Trinajstić information content (AvgIpc) is 2.80. The lowest BCUT2D eigenvalue weighted by Gasteiger charge is -2.24. The van der Waals surface area contributed by atoms with Gasteiger partial charge in [0.2, 0.25) is 0 Å². The maximum absolute atomic E-state index is 12.4. The Balaban J connectivity index is 2.28. The summed E-state index contributed by atoms with van der Waals surface area (Å²) in [5.41, 5.74) is 1.79. The topological polar surface area (TPSA) is 40.5 Å². The average molecular weight is 345 g/mol. The summed E-state index contributed by atoms with van der Waals surface area (Å²) in [7, 11) is 0. The highest BCUT2D eigenvalue weighted by atomic mass is 127. The van der Waals surface area contributed by atoms with Crippen LogP contribution in [0, 0.1) is 10.5 Å². The second kappa shape index (κ2) is 5.35. The Kier molecular flexibility index (Phi) is 4.04. The second-order valence-electron chi connectivity index (χ2n) is 4.39. The highest BCUT2D eigenvalue weighted by Crippen LogP contribution is 2.23. The van der Waals surface area contributed by atoms with Gasteiger partial charge in [0.15, 0.2) is 0 Å². The Bertz CT molecular complexity index is 433. The molecule has 0 aliphatic carbocycles. The van der Waals surface area contributed by atoms with E-state index in [0.717, 1.165) is 34.1 Å². The van der Waals surface area contributed by atoms with Crippen molar-refractivity contribution in [2.24, 2.45) is 0 Å². The zero-order valence-corrected chi connectivity index (χ0v) is 12.0. The van der Waals surface area contributed by atoms with Crippen LogP contribution in [-0.4, -0.2) is 35.1 Å². The Morgan fingerprint density at radius 1 is 1.59 bits per heavy atom. The van der Waals surface area contributed by atoms with Gasteiger partial charge < -0.3 is 10.0 Å². The van der Waals surface area contributed by atoms with Crippen molar-refractivity contribution in [2.45, 2.75) is 25.8 Å². The van der Waals surface area contributed by atoms with E-state index >= 15 is 0 Å². The van der Waals surface area contributed by atoms with Crippen LogP contribution in [0.25, 0.3) is 0 Å². The number of aliphatic hydroxyl groups is 1. The molecule has 1 aliphatic heterocycles. The first-order valence-corrected chi connectivity index (χ1v) is 6.90. The molecule has 0 radical (unpaired) electrons. The van der Waals surface area contributed by atoms with Crippen LogP contribution in [0.15, 0.2) is 18.2 Å². The number of aliphatic hydroxyl groups excluding tert-OH is 1. The first kappa shape index (κ1) is 12.8. The van der Waals surface area contributed by atoms with E-state index in [9.17, 15) is 9.90 Å². The Hall–Kier alpha value is -0.620. The van der Waals surface area contributed by atoms with Crippen LogP contribution in [0.4, 0.5) is 0 Å². The SMILES string of the molecule is Cc1c(I)cccc1C(=O)N1CCC[C@@H]1CO. The molecule has 1 aromatic carbocycles. The number of amides is 1. The standard InChI is InChI=1S/C13H16INO2/c1-9-11(5-2-6-12(9)14)13(17)15-7-3-4-10(15)8-16/h2,5-6,10,16H,3-4,7-8H2,1H3/t10-/m1/s1. The van der Waals surface area contributed by atoms with Gasteiger partial charge in [-0.2, -0.15) is 0 Å². The van der Waals surface area contributed by atoms with Gasteiger partial charge in [0.05, 0.1) is 12.6 Å². The molecule has 0 aromatic heterocycles. The van der Waals surface area contributed by atoms with E-state index in [-0.39, 0.29) is 18.6 Å². The van der Waals surface area contributed by atoms with Crippen molar-refractivity contribution in [3.63, 3.8) is 0 Å². The number of carbonyl (C=O) groups excluding carboxylic acids is 1. The molecule has 1 atom stereocenters. The summed E-state index contributed by atoms with van der Waals surface area (Å²) in [6, 6.07) is 5.78. The number of halogens is 1. The van der Waals surface area contributed by atoms with Crippen LogP contribution in [0.2, 0.25) is 0 Å². The van der Waals surface area contributed by atoms with Crippen molar-refractivity contribution < 1.29 is 9.90 Å². The molecule has 2 rings (SSSR count). The van der Waals surface area contributed by atoms with E-state index in [1.54, 1.807) is 4.90 Å². The summed E-state index contributed by atoms with van der Waals surface area (Å²) in [6.45, 7) is 2.79. The van der Waals surface area contributed by atoms with Crippen molar-refractivity contribution in [2.75, 3.05) is 13.2 Å². The predicted octanol–water partition coefficient (Wildman–Crippen LogP) is 2.20.